The fraction of sp³-hybridized carbons (Fsp3) is 0.765. The second-order valence-electron chi connectivity index (χ2n) is 6.36. The van der Waals surface area contributed by atoms with Gasteiger partial charge in [-0.3, -0.25) is 0 Å². The van der Waals surface area contributed by atoms with Gasteiger partial charge in [0.2, 0.25) is 0 Å². The zero-order chi connectivity index (χ0) is 13.8. The molecule has 108 valence electrons. The first-order valence-electron chi connectivity index (χ1n) is 7.92. The van der Waals surface area contributed by atoms with Crippen LogP contribution in [0.1, 0.15) is 67.3 Å². The second-order valence-corrected chi connectivity index (χ2v) is 7.64. The Morgan fingerprint density at radius 3 is 2.47 bits per heavy atom. The van der Waals surface area contributed by atoms with Crippen molar-refractivity contribution in [2.75, 3.05) is 6.54 Å². The Kier molecular flexibility index (Phi) is 5.47. The molecule has 0 aromatic carbocycles. The number of hydrogen-bond donors (Lipinski definition) is 1. The molecular formula is C17H29NS. The molecule has 1 atom stereocenters. The van der Waals surface area contributed by atoms with Crippen LogP contribution in [0.4, 0.5) is 0 Å². The molecule has 1 aromatic rings. The molecule has 19 heavy (non-hydrogen) atoms. The van der Waals surface area contributed by atoms with E-state index < -0.39 is 0 Å². The van der Waals surface area contributed by atoms with Gasteiger partial charge in [0.25, 0.3) is 0 Å². The molecule has 1 aliphatic carbocycles. The normalized spacial score (nSPS) is 25.5. The van der Waals surface area contributed by atoms with Crippen LogP contribution in [-0.2, 0) is 0 Å². The van der Waals surface area contributed by atoms with Crippen molar-refractivity contribution < 1.29 is 0 Å². The third-order valence-corrected chi connectivity index (χ3v) is 5.74. The van der Waals surface area contributed by atoms with Crippen molar-refractivity contribution in [2.24, 2.45) is 11.8 Å². The van der Waals surface area contributed by atoms with Crippen LogP contribution in [0.15, 0.2) is 6.07 Å². The lowest BCUT2D eigenvalue weighted by molar-refractivity contribution is 0.233. The van der Waals surface area contributed by atoms with Crippen molar-refractivity contribution in [3.05, 3.63) is 21.4 Å². The molecule has 1 N–H and O–H groups in total. The maximum absolute atomic E-state index is 3.83. The van der Waals surface area contributed by atoms with Gasteiger partial charge >= 0.3 is 0 Å². The van der Waals surface area contributed by atoms with E-state index in [4.69, 9.17) is 0 Å². The minimum Gasteiger partial charge on any atom is -0.309 e. The van der Waals surface area contributed by atoms with E-state index in [0.717, 1.165) is 18.4 Å². The van der Waals surface area contributed by atoms with E-state index in [2.05, 4.69) is 39.1 Å². The van der Waals surface area contributed by atoms with Crippen LogP contribution in [0.25, 0.3) is 0 Å². The van der Waals surface area contributed by atoms with E-state index >= 15 is 0 Å². The quantitative estimate of drug-likeness (QED) is 0.778. The minimum atomic E-state index is 0.603. The van der Waals surface area contributed by atoms with Crippen molar-refractivity contribution in [3.8, 4) is 0 Å². The SMILES string of the molecule is CCCNC(c1sc(C)cc1C)C1CCC(C)CC1. The molecule has 1 unspecified atom stereocenters. The van der Waals surface area contributed by atoms with Crippen LogP contribution in [-0.4, -0.2) is 6.54 Å². The third kappa shape index (κ3) is 3.82. The number of rotatable bonds is 5. The molecule has 0 spiro atoms. The van der Waals surface area contributed by atoms with Crippen molar-refractivity contribution in [1.82, 2.24) is 5.32 Å². The second kappa shape index (κ2) is 6.90. The van der Waals surface area contributed by atoms with Crippen LogP contribution >= 0.6 is 11.3 Å². The van der Waals surface area contributed by atoms with Gasteiger partial charge in [-0.2, -0.15) is 0 Å². The van der Waals surface area contributed by atoms with E-state index in [1.165, 1.54) is 42.5 Å². The van der Waals surface area contributed by atoms with Gasteiger partial charge in [-0.1, -0.05) is 26.7 Å². The summed E-state index contributed by atoms with van der Waals surface area (Å²) < 4.78 is 0. The summed E-state index contributed by atoms with van der Waals surface area (Å²) in [4.78, 5) is 3.06. The summed E-state index contributed by atoms with van der Waals surface area (Å²) in [6.45, 7) is 10.3. The molecule has 0 radical (unpaired) electrons. The van der Waals surface area contributed by atoms with Gasteiger partial charge in [-0.25, -0.2) is 0 Å². The zero-order valence-electron chi connectivity index (χ0n) is 13.0. The van der Waals surface area contributed by atoms with E-state index in [-0.39, 0.29) is 0 Å². The molecule has 0 aliphatic heterocycles. The number of hydrogen-bond acceptors (Lipinski definition) is 2. The van der Waals surface area contributed by atoms with Crippen LogP contribution in [0.3, 0.4) is 0 Å². The Bertz CT molecular complexity index is 388. The lowest BCUT2D eigenvalue weighted by Gasteiger charge is -2.33. The summed E-state index contributed by atoms with van der Waals surface area (Å²) in [6, 6.07) is 2.96. The van der Waals surface area contributed by atoms with Crippen LogP contribution in [0.5, 0.6) is 0 Å². The molecular weight excluding hydrogens is 250 g/mol. The highest BCUT2D eigenvalue weighted by molar-refractivity contribution is 7.12. The van der Waals surface area contributed by atoms with Crippen molar-refractivity contribution in [2.45, 2.75) is 65.8 Å². The first kappa shape index (κ1) is 15.1. The first-order valence-corrected chi connectivity index (χ1v) is 8.73. The lowest BCUT2D eigenvalue weighted by atomic mass is 9.78. The highest BCUT2D eigenvalue weighted by Gasteiger charge is 2.28. The standard InChI is InChI=1S/C17H29NS/c1-5-10-18-16(15-8-6-12(2)7-9-15)17-13(3)11-14(4)19-17/h11-12,15-16,18H,5-10H2,1-4H3. The average Bonchev–Trinajstić information content (AvgIpc) is 2.71. The molecule has 1 aromatic heterocycles. The predicted molar refractivity (Wildman–Crippen MR) is 85.9 cm³/mol. The number of nitrogens with one attached hydrogen (secondary N) is 1. The molecule has 1 heterocycles. The molecule has 2 rings (SSSR count). The van der Waals surface area contributed by atoms with Gasteiger partial charge < -0.3 is 5.32 Å². The van der Waals surface area contributed by atoms with Crippen molar-refractivity contribution in [3.63, 3.8) is 0 Å². The maximum atomic E-state index is 3.83. The van der Waals surface area contributed by atoms with Crippen LogP contribution < -0.4 is 5.32 Å². The smallest absolute Gasteiger partial charge is 0.0446 e. The summed E-state index contributed by atoms with van der Waals surface area (Å²) in [6.07, 6.45) is 6.86. The first-order chi connectivity index (χ1) is 9.11. The number of thiophene rings is 1. The summed E-state index contributed by atoms with van der Waals surface area (Å²) >= 11 is 2.00. The summed E-state index contributed by atoms with van der Waals surface area (Å²) in [5.41, 5.74) is 1.50. The van der Waals surface area contributed by atoms with E-state index in [9.17, 15) is 0 Å². The highest BCUT2D eigenvalue weighted by atomic mass is 32.1. The van der Waals surface area contributed by atoms with Gasteiger partial charge in [-0.05, 0) is 63.1 Å². The van der Waals surface area contributed by atoms with Gasteiger partial charge in [0.1, 0.15) is 0 Å². The molecule has 0 amide bonds. The van der Waals surface area contributed by atoms with E-state index in [1.807, 2.05) is 11.3 Å². The maximum Gasteiger partial charge on any atom is 0.0446 e. The molecule has 1 aliphatic rings. The van der Waals surface area contributed by atoms with Gasteiger partial charge in [0.05, 0.1) is 0 Å². The van der Waals surface area contributed by atoms with Crippen molar-refractivity contribution >= 4 is 11.3 Å². The molecule has 1 saturated carbocycles. The van der Waals surface area contributed by atoms with Gasteiger partial charge in [0, 0.05) is 15.8 Å². The molecule has 0 saturated heterocycles. The monoisotopic (exact) mass is 279 g/mol. The molecule has 2 heteroatoms. The van der Waals surface area contributed by atoms with E-state index in [1.54, 1.807) is 4.88 Å². The average molecular weight is 279 g/mol. The third-order valence-electron chi connectivity index (χ3n) is 4.51. The minimum absolute atomic E-state index is 0.603. The Labute approximate surface area is 122 Å². The van der Waals surface area contributed by atoms with Crippen molar-refractivity contribution in [1.29, 1.82) is 0 Å². The Morgan fingerprint density at radius 1 is 1.26 bits per heavy atom. The molecule has 0 bridgehead atoms. The summed E-state index contributed by atoms with van der Waals surface area (Å²) in [7, 11) is 0. The fourth-order valence-corrected chi connectivity index (χ4v) is 4.57. The predicted octanol–water partition coefficient (Wildman–Crippen LogP) is 5.23. The Morgan fingerprint density at radius 2 is 1.95 bits per heavy atom. The molecule has 1 nitrogen and oxygen atoms in total. The zero-order valence-corrected chi connectivity index (χ0v) is 13.8. The Hall–Kier alpha value is -0.340. The topological polar surface area (TPSA) is 12.0 Å². The number of aryl methyl sites for hydroxylation is 2. The Balaban J connectivity index is 2.13. The highest BCUT2D eigenvalue weighted by Crippen LogP contribution is 2.40. The fourth-order valence-electron chi connectivity index (χ4n) is 3.36. The van der Waals surface area contributed by atoms with E-state index in [0.29, 0.717) is 6.04 Å². The summed E-state index contributed by atoms with van der Waals surface area (Å²) in [5, 5.41) is 3.83. The lowest BCUT2D eigenvalue weighted by Crippen LogP contribution is -2.31. The summed E-state index contributed by atoms with van der Waals surface area (Å²) in [5.74, 6) is 1.79. The van der Waals surface area contributed by atoms with Crippen LogP contribution in [0, 0.1) is 25.7 Å². The van der Waals surface area contributed by atoms with Gasteiger partial charge in [0.15, 0.2) is 0 Å². The largest absolute Gasteiger partial charge is 0.309 e. The molecule has 1 fully saturated rings. The van der Waals surface area contributed by atoms with Crippen LogP contribution in [0.2, 0.25) is 0 Å². The van der Waals surface area contributed by atoms with Gasteiger partial charge in [-0.15, -0.1) is 11.3 Å².